The highest BCUT2D eigenvalue weighted by Crippen LogP contribution is 2.25. The molecule has 0 bridgehead atoms. The molecule has 22 heavy (non-hydrogen) atoms. The fourth-order valence-corrected chi connectivity index (χ4v) is 2.88. The topological polar surface area (TPSA) is 77.5 Å². The second kappa shape index (κ2) is 6.23. The van der Waals surface area contributed by atoms with Crippen LogP contribution < -0.4 is 15.8 Å². The first-order valence-corrected chi connectivity index (χ1v) is 7.43. The molecule has 116 valence electrons. The third kappa shape index (κ3) is 3.14. The average molecular weight is 300 g/mol. The first-order chi connectivity index (χ1) is 10.7. The zero-order valence-corrected chi connectivity index (χ0v) is 12.6. The number of aryl methyl sites for hydroxylation is 1. The number of fused-ring (bicyclic) bond motifs is 1. The lowest BCUT2D eigenvalue weighted by Crippen LogP contribution is -2.34. The largest absolute Gasteiger partial charge is 0.497 e. The summed E-state index contributed by atoms with van der Waals surface area (Å²) in [6.45, 7) is 0.594. The van der Waals surface area contributed by atoms with Crippen molar-refractivity contribution in [3.05, 3.63) is 53.0 Å². The lowest BCUT2D eigenvalue weighted by Gasteiger charge is -2.25. The third-order valence-electron chi connectivity index (χ3n) is 4.11. The molecule has 3 rings (SSSR count). The number of benzene rings is 1. The number of methoxy groups -OCH3 is 1. The summed E-state index contributed by atoms with van der Waals surface area (Å²) >= 11 is 0. The van der Waals surface area contributed by atoms with Crippen molar-refractivity contribution in [3.8, 4) is 5.75 Å². The van der Waals surface area contributed by atoms with Crippen LogP contribution in [-0.4, -0.2) is 19.1 Å². The van der Waals surface area contributed by atoms with E-state index >= 15 is 0 Å². The summed E-state index contributed by atoms with van der Waals surface area (Å²) in [5, 5.41) is 3.48. The monoisotopic (exact) mass is 300 g/mol. The van der Waals surface area contributed by atoms with E-state index in [-0.39, 0.29) is 5.76 Å². The van der Waals surface area contributed by atoms with Crippen LogP contribution in [0.5, 0.6) is 5.75 Å². The SMILES string of the molecule is COc1ccc2c(c1)C[C@H](NCc1ccc(C(N)=O)o1)CC2. The molecule has 1 amide bonds. The van der Waals surface area contributed by atoms with Crippen LogP contribution >= 0.6 is 0 Å². The standard InChI is InChI=1S/C17H20N2O3/c1-21-14-5-3-11-2-4-13(8-12(11)9-14)19-10-15-6-7-16(22-15)17(18)20/h3,5-7,9,13,19H,2,4,8,10H2,1H3,(H2,18,20)/t13-/m1/s1. The van der Waals surface area contributed by atoms with Crippen LogP contribution in [0.3, 0.4) is 0 Å². The van der Waals surface area contributed by atoms with E-state index in [2.05, 4.69) is 17.4 Å². The molecule has 5 heteroatoms. The maximum atomic E-state index is 11.0. The van der Waals surface area contributed by atoms with Crippen LogP contribution in [0.1, 0.15) is 33.9 Å². The Labute approximate surface area is 129 Å². The number of carbonyl (C=O) groups excluding carboxylic acids is 1. The minimum absolute atomic E-state index is 0.204. The summed E-state index contributed by atoms with van der Waals surface area (Å²) in [7, 11) is 1.69. The van der Waals surface area contributed by atoms with Crippen molar-refractivity contribution in [2.75, 3.05) is 7.11 Å². The lowest BCUT2D eigenvalue weighted by molar-refractivity contribution is 0.0972. The normalized spacial score (nSPS) is 17.0. The number of furan rings is 1. The molecular formula is C17H20N2O3. The van der Waals surface area contributed by atoms with Gasteiger partial charge in [-0.05, 0) is 54.7 Å². The quantitative estimate of drug-likeness (QED) is 0.885. The molecule has 1 heterocycles. The van der Waals surface area contributed by atoms with E-state index < -0.39 is 5.91 Å². The fourth-order valence-electron chi connectivity index (χ4n) is 2.88. The second-order valence-electron chi connectivity index (χ2n) is 5.59. The van der Waals surface area contributed by atoms with Gasteiger partial charge in [-0.2, -0.15) is 0 Å². The Bertz CT molecular complexity index is 678. The molecule has 1 aliphatic rings. The minimum Gasteiger partial charge on any atom is -0.497 e. The lowest BCUT2D eigenvalue weighted by atomic mass is 9.88. The Morgan fingerprint density at radius 1 is 1.36 bits per heavy atom. The van der Waals surface area contributed by atoms with Crippen LogP contribution in [-0.2, 0) is 19.4 Å². The molecule has 5 nitrogen and oxygen atoms in total. The highest BCUT2D eigenvalue weighted by Gasteiger charge is 2.19. The van der Waals surface area contributed by atoms with Gasteiger partial charge >= 0.3 is 0 Å². The van der Waals surface area contributed by atoms with Crippen LogP contribution in [0.15, 0.2) is 34.7 Å². The maximum Gasteiger partial charge on any atom is 0.284 e. The van der Waals surface area contributed by atoms with Crippen molar-refractivity contribution in [1.29, 1.82) is 0 Å². The highest BCUT2D eigenvalue weighted by molar-refractivity contribution is 5.89. The van der Waals surface area contributed by atoms with Crippen molar-refractivity contribution in [2.24, 2.45) is 5.73 Å². The summed E-state index contributed by atoms with van der Waals surface area (Å²) in [6, 6.07) is 10.1. The Hall–Kier alpha value is -2.27. The van der Waals surface area contributed by atoms with Gasteiger partial charge in [0.15, 0.2) is 5.76 Å². The van der Waals surface area contributed by atoms with Gasteiger partial charge in [-0.1, -0.05) is 6.07 Å². The minimum atomic E-state index is -0.537. The molecule has 0 saturated heterocycles. The molecule has 0 unspecified atom stereocenters. The number of nitrogens with two attached hydrogens (primary N) is 1. The number of amides is 1. The molecule has 1 aliphatic carbocycles. The van der Waals surface area contributed by atoms with Crippen molar-refractivity contribution in [1.82, 2.24) is 5.32 Å². The third-order valence-corrected chi connectivity index (χ3v) is 4.11. The Balaban J connectivity index is 1.61. The van der Waals surface area contributed by atoms with Gasteiger partial charge in [0.2, 0.25) is 0 Å². The van der Waals surface area contributed by atoms with Gasteiger partial charge in [0, 0.05) is 6.04 Å². The molecule has 1 aromatic heterocycles. The fraction of sp³-hybridized carbons (Fsp3) is 0.353. The number of carbonyl (C=O) groups is 1. The van der Waals surface area contributed by atoms with Gasteiger partial charge < -0.3 is 20.2 Å². The van der Waals surface area contributed by atoms with Crippen LogP contribution in [0.4, 0.5) is 0 Å². The van der Waals surface area contributed by atoms with Gasteiger partial charge in [0.1, 0.15) is 11.5 Å². The van der Waals surface area contributed by atoms with E-state index in [0.29, 0.717) is 12.6 Å². The van der Waals surface area contributed by atoms with Crippen molar-refractivity contribution < 1.29 is 13.9 Å². The summed E-state index contributed by atoms with van der Waals surface area (Å²) in [5.41, 5.74) is 7.91. The predicted octanol–water partition coefficient (Wildman–Crippen LogP) is 2.03. The van der Waals surface area contributed by atoms with Crippen molar-refractivity contribution >= 4 is 5.91 Å². The summed E-state index contributed by atoms with van der Waals surface area (Å²) in [6.07, 6.45) is 3.11. The average Bonchev–Trinajstić information content (AvgIpc) is 3.01. The first kappa shape index (κ1) is 14.7. The molecule has 1 aromatic carbocycles. The van der Waals surface area contributed by atoms with E-state index in [9.17, 15) is 4.79 Å². The number of ether oxygens (including phenoxy) is 1. The summed E-state index contributed by atoms with van der Waals surface area (Å²) in [5.74, 6) is 1.29. The Kier molecular flexibility index (Phi) is 4.15. The van der Waals surface area contributed by atoms with E-state index in [1.165, 1.54) is 11.1 Å². The summed E-state index contributed by atoms with van der Waals surface area (Å²) in [4.78, 5) is 11.0. The first-order valence-electron chi connectivity index (χ1n) is 7.43. The predicted molar refractivity (Wildman–Crippen MR) is 82.9 cm³/mol. The number of rotatable bonds is 5. The van der Waals surface area contributed by atoms with Gasteiger partial charge in [0.25, 0.3) is 5.91 Å². The highest BCUT2D eigenvalue weighted by atomic mass is 16.5. The zero-order chi connectivity index (χ0) is 15.5. The number of nitrogens with one attached hydrogen (secondary N) is 1. The smallest absolute Gasteiger partial charge is 0.284 e. The van der Waals surface area contributed by atoms with Gasteiger partial charge in [-0.3, -0.25) is 4.79 Å². The number of hydrogen-bond acceptors (Lipinski definition) is 4. The molecule has 0 aliphatic heterocycles. The van der Waals surface area contributed by atoms with E-state index in [0.717, 1.165) is 30.8 Å². The van der Waals surface area contributed by atoms with Crippen LogP contribution in [0.25, 0.3) is 0 Å². The van der Waals surface area contributed by atoms with E-state index in [1.54, 1.807) is 19.2 Å². The second-order valence-corrected chi connectivity index (χ2v) is 5.59. The molecule has 2 aromatic rings. The Morgan fingerprint density at radius 3 is 2.95 bits per heavy atom. The maximum absolute atomic E-state index is 11.0. The summed E-state index contributed by atoms with van der Waals surface area (Å²) < 4.78 is 10.7. The van der Waals surface area contributed by atoms with Crippen molar-refractivity contribution in [3.63, 3.8) is 0 Å². The molecular weight excluding hydrogens is 280 g/mol. The van der Waals surface area contributed by atoms with Gasteiger partial charge in [-0.15, -0.1) is 0 Å². The van der Waals surface area contributed by atoms with Gasteiger partial charge in [-0.25, -0.2) is 0 Å². The Morgan fingerprint density at radius 2 is 2.23 bits per heavy atom. The van der Waals surface area contributed by atoms with E-state index in [1.807, 2.05) is 6.07 Å². The molecule has 0 fully saturated rings. The molecule has 3 N–H and O–H groups in total. The van der Waals surface area contributed by atoms with Crippen LogP contribution in [0.2, 0.25) is 0 Å². The molecule has 0 radical (unpaired) electrons. The van der Waals surface area contributed by atoms with Crippen LogP contribution in [0, 0.1) is 0 Å². The van der Waals surface area contributed by atoms with E-state index in [4.69, 9.17) is 14.9 Å². The molecule has 1 atom stereocenters. The van der Waals surface area contributed by atoms with Crippen molar-refractivity contribution in [2.45, 2.75) is 31.8 Å². The number of primary amides is 1. The molecule has 0 spiro atoms. The molecule has 0 saturated carbocycles. The van der Waals surface area contributed by atoms with Gasteiger partial charge in [0.05, 0.1) is 13.7 Å². The zero-order valence-electron chi connectivity index (χ0n) is 12.6. The number of hydrogen-bond donors (Lipinski definition) is 2.